The minimum absolute atomic E-state index is 0.218. The molecule has 0 saturated carbocycles. The second-order valence-electron chi connectivity index (χ2n) is 3.83. The molecule has 1 aromatic heterocycles. The summed E-state index contributed by atoms with van der Waals surface area (Å²) in [5.41, 5.74) is 0. The van der Waals surface area contributed by atoms with Gasteiger partial charge in [-0.05, 0) is 19.1 Å². The number of amides is 1. The number of furan rings is 1. The first kappa shape index (κ1) is 13.3. The summed E-state index contributed by atoms with van der Waals surface area (Å²) in [6.45, 7) is 2.39. The Balaban J connectivity index is 2.36. The van der Waals surface area contributed by atoms with Crippen molar-refractivity contribution < 1.29 is 18.7 Å². The summed E-state index contributed by atoms with van der Waals surface area (Å²) < 4.78 is 9.82. The largest absolute Gasteiger partial charge is 0.469 e. The van der Waals surface area contributed by atoms with Crippen LogP contribution in [0.5, 0.6) is 0 Å². The number of rotatable bonds is 5. The molecule has 0 atom stereocenters. The van der Waals surface area contributed by atoms with Crippen LogP contribution in [0, 0.1) is 6.92 Å². The molecular formula is C12H17NO4. The fraction of sp³-hybridized carbons (Fsp3) is 0.500. The molecule has 0 aliphatic carbocycles. The van der Waals surface area contributed by atoms with Crippen molar-refractivity contribution >= 4 is 11.9 Å². The molecule has 17 heavy (non-hydrogen) atoms. The van der Waals surface area contributed by atoms with Gasteiger partial charge < -0.3 is 14.1 Å². The van der Waals surface area contributed by atoms with Crippen molar-refractivity contribution in [3.63, 3.8) is 0 Å². The van der Waals surface area contributed by atoms with Gasteiger partial charge in [-0.2, -0.15) is 0 Å². The molecule has 1 aromatic rings. The Morgan fingerprint density at radius 1 is 1.41 bits per heavy atom. The van der Waals surface area contributed by atoms with E-state index < -0.39 is 5.97 Å². The minimum Gasteiger partial charge on any atom is -0.469 e. The Bertz CT molecular complexity index is 397. The first-order chi connectivity index (χ1) is 8.02. The predicted molar refractivity (Wildman–Crippen MR) is 61.4 cm³/mol. The van der Waals surface area contributed by atoms with E-state index in [-0.39, 0.29) is 12.3 Å². The van der Waals surface area contributed by atoms with Crippen molar-refractivity contribution in [3.8, 4) is 0 Å². The second kappa shape index (κ2) is 6.08. The SMILES string of the molecule is COC(=O)CC(=O)N(C)CCc1ccc(C)o1. The Hall–Kier alpha value is -1.78. The Labute approximate surface area is 100 Å². The monoisotopic (exact) mass is 239 g/mol. The Morgan fingerprint density at radius 2 is 2.12 bits per heavy atom. The molecule has 0 spiro atoms. The maximum Gasteiger partial charge on any atom is 0.315 e. The average Bonchev–Trinajstić information content (AvgIpc) is 2.71. The number of aryl methyl sites for hydroxylation is 1. The predicted octanol–water partition coefficient (Wildman–Crippen LogP) is 1.15. The first-order valence-corrected chi connectivity index (χ1v) is 5.39. The average molecular weight is 239 g/mol. The van der Waals surface area contributed by atoms with Crippen LogP contribution in [0.4, 0.5) is 0 Å². The van der Waals surface area contributed by atoms with E-state index in [1.165, 1.54) is 12.0 Å². The summed E-state index contributed by atoms with van der Waals surface area (Å²) in [4.78, 5) is 23.9. The van der Waals surface area contributed by atoms with E-state index in [0.29, 0.717) is 13.0 Å². The third-order valence-corrected chi connectivity index (χ3v) is 2.44. The van der Waals surface area contributed by atoms with Gasteiger partial charge in [-0.1, -0.05) is 0 Å². The quantitative estimate of drug-likeness (QED) is 0.571. The zero-order valence-corrected chi connectivity index (χ0v) is 10.4. The van der Waals surface area contributed by atoms with Crippen LogP contribution in [-0.4, -0.2) is 37.5 Å². The highest BCUT2D eigenvalue weighted by molar-refractivity contribution is 5.94. The lowest BCUT2D eigenvalue weighted by molar-refractivity contribution is -0.146. The molecule has 0 aliphatic heterocycles. The van der Waals surface area contributed by atoms with E-state index in [1.807, 2.05) is 19.1 Å². The number of esters is 1. The summed E-state index contributed by atoms with van der Waals surface area (Å²) in [6.07, 6.45) is 0.418. The van der Waals surface area contributed by atoms with Crippen LogP contribution >= 0.6 is 0 Å². The Morgan fingerprint density at radius 3 is 2.65 bits per heavy atom. The van der Waals surface area contributed by atoms with Gasteiger partial charge in [-0.3, -0.25) is 9.59 Å². The van der Waals surface area contributed by atoms with Gasteiger partial charge in [-0.25, -0.2) is 0 Å². The summed E-state index contributed by atoms with van der Waals surface area (Å²) in [6, 6.07) is 3.76. The van der Waals surface area contributed by atoms with E-state index >= 15 is 0 Å². The van der Waals surface area contributed by atoms with Crippen molar-refractivity contribution in [2.75, 3.05) is 20.7 Å². The molecule has 1 heterocycles. The lowest BCUT2D eigenvalue weighted by atomic mass is 10.3. The molecule has 0 bridgehead atoms. The third-order valence-electron chi connectivity index (χ3n) is 2.44. The fourth-order valence-electron chi connectivity index (χ4n) is 1.35. The van der Waals surface area contributed by atoms with Crippen LogP contribution in [0.3, 0.4) is 0 Å². The number of carbonyl (C=O) groups is 2. The molecule has 94 valence electrons. The van der Waals surface area contributed by atoms with Crippen LogP contribution in [0.15, 0.2) is 16.5 Å². The highest BCUT2D eigenvalue weighted by atomic mass is 16.5. The maximum atomic E-state index is 11.5. The number of likely N-dealkylation sites (N-methyl/N-ethyl adjacent to an activating group) is 1. The zero-order valence-electron chi connectivity index (χ0n) is 10.4. The van der Waals surface area contributed by atoms with E-state index in [0.717, 1.165) is 11.5 Å². The number of carbonyl (C=O) groups excluding carboxylic acids is 2. The number of hydrogen-bond donors (Lipinski definition) is 0. The topological polar surface area (TPSA) is 59.8 Å². The molecule has 0 aromatic carbocycles. The second-order valence-corrected chi connectivity index (χ2v) is 3.83. The minimum atomic E-state index is -0.518. The first-order valence-electron chi connectivity index (χ1n) is 5.39. The number of nitrogens with zero attached hydrogens (tertiary/aromatic N) is 1. The molecule has 0 unspecified atom stereocenters. The van der Waals surface area contributed by atoms with Crippen LogP contribution in [0.2, 0.25) is 0 Å². The van der Waals surface area contributed by atoms with Crippen LogP contribution in [0.25, 0.3) is 0 Å². The van der Waals surface area contributed by atoms with Crippen LogP contribution in [0.1, 0.15) is 17.9 Å². The zero-order chi connectivity index (χ0) is 12.8. The van der Waals surface area contributed by atoms with Crippen molar-refractivity contribution in [3.05, 3.63) is 23.7 Å². The highest BCUT2D eigenvalue weighted by Crippen LogP contribution is 2.07. The van der Waals surface area contributed by atoms with E-state index in [4.69, 9.17) is 4.42 Å². The third kappa shape index (κ3) is 4.30. The summed E-state index contributed by atoms with van der Waals surface area (Å²) in [7, 11) is 2.92. The van der Waals surface area contributed by atoms with Gasteiger partial charge in [-0.15, -0.1) is 0 Å². The molecule has 5 heteroatoms. The number of hydrogen-bond acceptors (Lipinski definition) is 4. The standard InChI is InChI=1S/C12H17NO4/c1-9-4-5-10(17-9)6-7-13(2)11(14)8-12(15)16-3/h4-5H,6-8H2,1-3H3. The lowest BCUT2D eigenvalue weighted by Gasteiger charge is -2.15. The van der Waals surface area contributed by atoms with Gasteiger partial charge in [0.25, 0.3) is 0 Å². The van der Waals surface area contributed by atoms with E-state index in [9.17, 15) is 9.59 Å². The van der Waals surface area contributed by atoms with Gasteiger partial charge in [0, 0.05) is 20.0 Å². The summed E-state index contributed by atoms with van der Waals surface area (Å²) in [5, 5.41) is 0. The van der Waals surface area contributed by atoms with Crippen LogP contribution < -0.4 is 0 Å². The van der Waals surface area contributed by atoms with Crippen LogP contribution in [-0.2, 0) is 20.7 Å². The lowest BCUT2D eigenvalue weighted by Crippen LogP contribution is -2.30. The maximum absolute atomic E-state index is 11.5. The van der Waals surface area contributed by atoms with Crippen molar-refractivity contribution in [1.29, 1.82) is 0 Å². The van der Waals surface area contributed by atoms with Gasteiger partial charge in [0.15, 0.2) is 0 Å². The van der Waals surface area contributed by atoms with Crippen molar-refractivity contribution in [2.24, 2.45) is 0 Å². The van der Waals surface area contributed by atoms with E-state index in [2.05, 4.69) is 4.74 Å². The molecule has 1 amide bonds. The number of methoxy groups -OCH3 is 1. The molecule has 0 N–H and O–H groups in total. The molecule has 5 nitrogen and oxygen atoms in total. The van der Waals surface area contributed by atoms with Crippen molar-refractivity contribution in [1.82, 2.24) is 4.90 Å². The smallest absolute Gasteiger partial charge is 0.315 e. The molecule has 0 aliphatic rings. The summed E-state index contributed by atoms with van der Waals surface area (Å²) in [5.74, 6) is 0.916. The molecular weight excluding hydrogens is 222 g/mol. The molecule has 0 radical (unpaired) electrons. The molecule has 0 fully saturated rings. The van der Waals surface area contributed by atoms with Gasteiger partial charge in [0.1, 0.15) is 17.9 Å². The van der Waals surface area contributed by atoms with Gasteiger partial charge in [0.05, 0.1) is 7.11 Å². The van der Waals surface area contributed by atoms with Gasteiger partial charge >= 0.3 is 5.97 Å². The highest BCUT2D eigenvalue weighted by Gasteiger charge is 2.14. The van der Waals surface area contributed by atoms with Gasteiger partial charge in [0.2, 0.25) is 5.91 Å². The summed E-state index contributed by atoms with van der Waals surface area (Å²) >= 11 is 0. The fourth-order valence-corrected chi connectivity index (χ4v) is 1.35. The molecule has 0 saturated heterocycles. The normalized spacial score (nSPS) is 10.1. The van der Waals surface area contributed by atoms with E-state index in [1.54, 1.807) is 7.05 Å². The molecule has 1 rings (SSSR count). The number of ether oxygens (including phenoxy) is 1. The Kier molecular flexibility index (Phi) is 4.75. The van der Waals surface area contributed by atoms with Crippen molar-refractivity contribution in [2.45, 2.75) is 19.8 Å².